The van der Waals surface area contributed by atoms with E-state index < -0.39 is 12.1 Å². The molecule has 2 aromatic rings. The van der Waals surface area contributed by atoms with Gasteiger partial charge in [0.1, 0.15) is 5.75 Å². The van der Waals surface area contributed by atoms with Gasteiger partial charge in [-0.1, -0.05) is 24.3 Å². The Morgan fingerprint density at radius 2 is 1.80 bits per heavy atom. The van der Waals surface area contributed by atoms with E-state index in [0.29, 0.717) is 22.8 Å². The van der Waals surface area contributed by atoms with Crippen molar-refractivity contribution in [2.24, 2.45) is 0 Å². The quantitative estimate of drug-likeness (QED) is 0.633. The van der Waals surface area contributed by atoms with E-state index in [4.69, 9.17) is 4.74 Å². The molecule has 1 N–H and O–H groups in total. The molecule has 0 spiro atoms. The SMILES string of the molecule is CCOc1ccc(C=CC(=O)Nc2cccc(CN(CC)C(=O)C(F)(F)F)c2)cc1. The average molecular weight is 420 g/mol. The van der Waals surface area contributed by atoms with Crippen LogP contribution < -0.4 is 10.1 Å². The molecule has 0 atom stereocenters. The molecule has 5 nitrogen and oxygen atoms in total. The van der Waals surface area contributed by atoms with Crippen LogP contribution in [0, 0.1) is 0 Å². The standard InChI is InChI=1S/C22H23F3N2O3/c1-3-27(21(29)22(23,24)25)15-17-6-5-7-18(14-17)26-20(28)13-10-16-8-11-19(12-9-16)30-4-2/h5-14H,3-4,15H2,1-2H3,(H,26,28). The molecule has 30 heavy (non-hydrogen) atoms. The molecule has 0 aliphatic heterocycles. The van der Waals surface area contributed by atoms with E-state index in [-0.39, 0.29) is 19.0 Å². The highest BCUT2D eigenvalue weighted by Gasteiger charge is 2.41. The lowest BCUT2D eigenvalue weighted by Crippen LogP contribution is -2.40. The van der Waals surface area contributed by atoms with Gasteiger partial charge in [0, 0.05) is 24.9 Å². The summed E-state index contributed by atoms with van der Waals surface area (Å²) in [5.41, 5.74) is 1.71. The van der Waals surface area contributed by atoms with E-state index in [1.54, 1.807) is 36.4 Å². The van der Waals surface area contributed by atoms with Crippen molar-refractivity contribution in [1.29, 1.82) is 0 Å². The molecule has 2 amide bonds. The summed E-state index contributed by atoms with van der Waals surface area (Å²) in [4.78, 5) is 24.3. The van der Waals surface area contributed by atoms with E-state index in [0.717, 1.165) is 11.3 Å². The number of nitrogens with zero attached hydrogens (tertiary/aromatic N) is 1. The first-order chi connectivity index (χ1) is 14.2. The highest BCUT2D eigenvalue weighted by atomic mass is 19.4. The Morgan fingerprint density at radius 1 is 1.10 bits per heavy atom. The molecule has 160 valence electrons. The molecule has 0 aliphatic rings. The molecule has 2 rings (SSSR count). The fourth-order valence-corrected chi connectivity index (χ4v) is 2.67. The third-order valence-electron chi connectivity index (χ3n) is 4.10. The topological polar surface area (TPSA) is 58.6 Å². The first-order valence-electron chi connectivity index (χ1n) is 9.40. The number of hydrogen-bond donors (Lipinski definition) is 1. The number of halogens is 3. The van der Waals surface area contributed by atoms with E-state index in [1.165, 1.54) is 19.1 Å². The van der Waals surface area contributed by atoms with Gasteiger partial charge in [-0.15, -0.1) is 0 Å². The number of nitrogens with one attached hydrogen (secondary N) is 1. The Balaban J connectivity index is 2.00. The average Bonchev–Trinajstić information content (AvgIpc) is 2.71. The summed E-state index contributed by atoms with van der Waals surface area (Å²) in [6, 6.07) is 13.6. The van der Waals surface area contributed by atoms with E-state index in [9.17, 15) is 22.8 Å². The van der Waals surface area contributed by atoms with Crippen LogP contribution in [0.15, 0.2) is 54.6 Å². The molecule has 0 aromatic heterocycles. The first-order valence-corrected chi connectivity index (χ1v) is 9.40. The number of carbonyl (C=O) groups excluding carboxylic acids is 2. The van der Waals surface area contributed by atoms with Crippen molar-refractivity contribution in [1.82, 2.24) is 4.90 Å². The number of amides is 2. The van der Waals surface area contributed by atoms with Crippen LogP contribution in [0.2, 0.25) is 0 Å². The molecule has 0 heterocycles. The first kappa shape index (κ1) is 23.0. The van der Waals surface area contributed by atoms with E-state index >= 15 is 0 Å². The van der Waals surface area contributed by atoms with Crippen LogP contribution in [0.25, 0.3) is 6.08 Å². The summed E-state index contributed by atoms with van der Waals surface area (Å²) in [6.07, 6.45) is -1.93. The molecule has 8 heteroatoms. The van der Waals surface area contributed by atoms with Crippen molar-refractivity contribution in [3.8, 4) is 5.75 Å². The molecule has 0 saturated heterocycles. The molecule has 0 aliphatic carbocycles. The van der Waals surface area contributed by atoms with Crippen molar-refractivity contribution in [3.63, 3.8) is 0 Å². The Morgan fingerprint density at radius 3 is 2.40 bits per heavy atom. The Kier molecular flexibility index (Phi) is 8.03. The molecule has 0 bridgehead atoms. The van der Waals surface area contributed by atoms with Crippen LogP contribution >= 0.6 is 0 Å². The number of hydrogen-bond acceptors (Lipinski definition) is 3. The normalized spacial score (nSPS) is 11.4. The Labute approximate surface area is 173 Å². The highest BCUT2D eigenvalue weighted by molar-refractivity contribution is 6.01. The fraction of sp³-hybridized carbons (Fsp3) is 0.273. The van der Waals surface area contributed by atoms with Gasteiger partial charge >= 0.3 is 12.1 Å². The van der Waals surface area contributed by atoms with Gasteiger partial charge in [0.15, 0.2) is 0 Å². The third-order valence-corrected chi connectivity index (χ3v) is 4.10. The minimum atomic E-state index is -4.92. The zero-order chi connectivity index (χ0) is 22.1. The smallest absolute Gasteiger partial charge is 0.471 e. The predicted octanol–water partition coefficient (Wildman–Crippen LogP) is 4.65. The van der Waals surface area contributed by atoms with Crippen LogP contribution in [0.4, 0.5) is 18.9 Å². The zero-order valence-electron chi connectivity index (χ0n) is 16.7. The lowest BCUT2D eigenvalue weighted by atomic mass is 10.1. The number of rotatable bonds is 8. The van der Waals surface area contributed by atoms with Crippen molar-refractivity contribution in [3.05, 3.63) is 65.7 Å². The molecule has 0 unspecified atom stereocenters. The predicted molar refractivity (Wildman–Crippen MR) is 109 cm³/mol. The van der Waals surface area contributed by atoms with Gasteiger partial charge in [-0.2, -0.15) is 13.2 Å². The maximum Gasteiger partial charge on any atom is 0.471 e. The van der Waals surface area contributed by atoms with Crippen LogP contribution in [0.1, 0.15) is 25.0 Å². The summed E-state index contributed by atoms with van der Waals surface area (Å²) in [5.74, 6) is -1.54. The van der Waals surface area contributed by atoms with Crippen molar-refractivity contribution < 1.29 is 27.5 Å². The molecule has 2 aromatic carbocycles. The minimum Gasteiger partial charge on any atom is -0.494 e. The molecule has 0 radical (unpaired) electrons. The second kappa shape index (κ2) is 10.5. The maximum atomic E-state index is 12.7. The largest absolute Gasteiger partial charge is 0.494 e. The molecular formula is C22H23F3N2O3. The highest BCUT2D eigenvalue weighted by Crippen LogP contribution is 2.21. The van der Waals surface area contributed by atoms with Gasteiger partial charge < -0.3 is 15.0 Å². The van der Waals surface area contributed by atoms with Crippen LogP contribution in [-0.2, 0) is 16.1 Å². The number of ether oxygens (including phenoxy) is 1. The van der Waals surface area contributed by atoms with Crippen LogP contribution in [-0.4, -0.2) is 36.0 Å². The number of carbonyl (C=O) groups is 2. The van der Waals surface area contributed by atoms with E-state index in [1.807, 2.05) is 19.1 Å². The number of alkyl halides is 3. The second-order valence-electron chi connectivity index (χ2n) is 6.34. The summed E-state index contributed by atoms with van der Waals surface area (Å²) >= 11 is 0. The summed E-state index contributed by atoms with van der Waals surface area (Å²) in [7, 11) is 0. The Hall–Kier alpha value is -3.29. The monoisotopic (exact) mass is 420 g/mol. The van der Waals surface area contributed by atoms with Gasteiger partial charge in [0.2, 0.25) is 5.91 Å². The van der Waals surface area contributed by atoms with E-state index in [2.05, 4.69) is 5.32 Å². The fourth-order valence-electron chi connectivity index (χ4n) is 2.67. The van der Waals surface area contributed by atoms with Gasteiger partial charge in [-0.3, -0.25) is 9.59 Å². The van der Waals surface area contributed by atoms with Crippen LogP contribution in [0.3, 0.4) is 0 Å². The minimum absolute atomic E-state index is 0.0836. The van der Waals surface area contributed by atoms with Gasteiger partial charge in [-0.05, 0) is 55.3 Å². The molecule has 0 saturated carbocycles. The zero-order valence-corrected chi connectivity index (χ0v) is 16.7. The van der Waals surface area contributed by atoms with Gasteiger partial charge in [0.05, 0.1) is 6.61 Å². The van der Waals surface area contributed by atoms with Gasteiger partial charge in [-0.25, -0.2) is 0 Å². The third kappa shape index (κ3) is 6.95. The Bertz CT molecular complexity index is 893. The molecular weight excluding hydrogens is 397 g/mol. The van der Waals surface area contributed by atoms with Crippen molar-refractivity contribution >= 4 is 23.6 Å². The van der Waals surface area contributed by atoms with Gasteiger partial charge in [0.25, 0.3) is 0 Å². The van der Waals surface area contributed by atoms with Crippen molar-refractivity contribution in [2.45, 2.75) is 26.6 Å². The summed E-state index contributed by atoms with van der Waals surface area (Å²) in [6.45, 7) is 3.64. The van der Waals surface area contributed by atoms with Crippen molar-refractivity contribution in [2.75, 3.05) is 18.5 Å². The maximum absolute atomic E-state index is 12.7. The second-order valence-corrected chi connectivity index (χ2v) is 6.34. The van der Waals surface area contributed by atoms with Crippen LogP contribution in [0.5, 0.6) is 5.75 Å². The summed E-state index contributed by atoms with van der Waals surface area (Å²) < 4.78 is 43.3. The number of benzene rings is 2. The molecule has 0 fully saturated rings. The summed E-state index contributed by atoms with van der Waals surface area (Å²) in [5, 5.41) is 2.66. The lowest BCUT2D eigenvalue weighted by molar-refractivity contribution is -0.185. The number of anilines is 1. The lowest BCUT2D eigenvalue weighted by Gasteiger charge is -2.22.